The Bertz CT molecular complexity index is 381. The number of nitrogens with one attached hydrogen (secondary N) is 1. The summed E-state index contributed by atoms with van der Waals surface area (Å²) in [4.78, 5) is 10.8. The quantitative estimate of drug-likeness (QED) is 0.802. The Labute approximate surface area is 92.9 Å². The summed E-state index contributed by atoms with van der Waals surface area (Å²) in [6, 6.07) is 7.75. The first-order valence-corrected chi connectivity index (χ1v) is 5.89. The van der Waals surface area contributed by atoms with Crippen LogP contribution in [0.25, 0.3) is 0 Å². The van der Waals surface area contributed by atoms with E-state index in [9.17, 15) is 4.79 Å². The highest BCUT2D eigenvalue weighted by Gasteiger charge is 2.30. The summed E-state index contributed by atoms with van der Waals surface area (Å²) in [5.41, 5.74) is 2.36. The van der Waals surface area contributed by atoms with E-state index >= 15 is 0 Å². The van der Waals surface area contributed by atoms with Crippen molar-refractivity contribution in [3.63, 3.8) is 0 Å². The molecule has 2 atom stereocenters. The number of carboxylic acid groups (broad SMARTS) is 1. The van der Waals surface area contributed by atoms with Gasteiger partial charge in [-0.15, -0.1) is 11.8 Å². The molecular formula is C11H13NO2S. The number of benzene rings is 1. The van der Waals surface area contributed by atoms with E-state index in [1.54, 1.807) is 11.8 Å². The van der Waals surface area contributed by atoms with Crippen molar-refractivity contribution in [1.29, 1.82) is 0 Å². The van der Waals surface area contributed by atoms with Crippen LogP contribution in [0.4, 0.5) is 0 Å². The second kappa shape index (κ2) is 4.24. The molecule has 1 aliphatic heterocycles. The number of carboxylic acids is 1. The van der Waals surface area contributed by atoms with Gasteiger partial charge in [0.1, 0.15) is 6.04 Å². The summed E-state index contributed by atoms with van der Waals surface area (Å²) in [5.74, 6) is -0.133. The second-order valence-electron chi connectivity index (χ2n) is 3.69. The molecule has 0 aliphatic carbocycles. The molecule has 1 aromatic rings. The molecule has 0 unspecified atom stereocenters. The lowest BCUT2D eigenvalue weighted by molar-refractivity contribution is -0.138. The predicted molar refractivity (Wildman–Crippen MR) is 60.9 cm³/mol. The summed E-state index contributed by atoms with van der Waals surface area (Å²) in [6.07, 6.45) is 0. The number of hydrogen-bond acceptors (Lipinski definition) is 3. The molecule has 15 heavy (non-hydrogen) atoms. The van der Waals surface area contributed by atoms with Crippen molar-refractivity contribution in [2.75, 3.05) is 5.75 Å². The molecule has 0 amide bonds. The maximum Gasteiger partial charge on any atom is 0.321 e. The molecular weight excluding hydrogens is 210 g/mol. The summed E-state index contributed by atoms with van der Waals surface area (Å²) in [7, 11) is 0. The first-order chi connectivity index (χ1) is 7.16. The highest BCUT2D eigenvalue weighted by molar-refractivity contribution is 7.99. The van der Waals surface area contributed by atoms with Crippen molar-refractivity contribution in [1.82, 2.24) is 5.32 Å². The molecule has 0 radical (unpaired) electrons. The first kappa shape index (κ1) is 10.5. The standard InChI is InChI=1S/C11H13NO2S/c1-7-3-2-4-8(5-7)10-12-9(6-15-10)11(13)14/h2-5,9-10,12H,6H2,1H3,(H,13,14)/t9-,10+/m1/s1. The molecule has 1 aromatic carbocycles. The minimum Gasteiger partial charge on any atom is -0.480 e. The Kier molecular flexibility index (Phi) is 2.98. The van der Waals surface area contributed by atoms with Crippen LogP contribution in [0.2, 0.25) is 0 Å². The zero-order valence-electron chi connectivity index (χ0n) is 8.43. The second-order valence-corrected chi connectivity index (χ2v) is 4.82. The van der Waals surface area contributed by atoms with E-state index in [1.165, 1.54) is 5.56 Å². The van der Waals surface area contributed by atoms with Gasteiger partial charge in [0.2, 0.25) is 0 Å². The largest absolute Gasteiger partial charge is 0.480 e. The van der Waals surface area contributed by atoms with Gasteiger partial charge in [-0.1, -0.05) is 29.8 Å². The fourth-order valence-electron chi connectivity index (χ4n) is 1.64. The Balaban J connectivity index is 2.11. The molecule has 2 N–H and O–H groups in total. The van der Waals surface area contributed by atoms with Gasteiger partial charge in [0.25, 0.3) is 0 Å². The first-order valence-electron chi connectivity index (χ1n) is 4.84. The van der Waals surface area contributed by atoms with Gasteiger partial charge >= 0.3 is 5.97 Å². The maximum absolute atomic E-state index is 10.8. The minimum absolute atomic E-state index is 0.117. The van der Waals surface area contributed by atoms with Crippen molar-refractivity contribution in [3.05, 3.63) is 35.4 Å². The van der Waals surface area contributed by atoms with Crippen molar-refractivity contribution in [2.24, 2.45) is 0 Å². The number of aryl methyl sites for hydroxylation is 1. The van der Waals surface area contributed by atoms with E-state index in [1.807, 2.05) is 25.1 Å². The number of carbonyl (C=O) groups is 1. The molecule has 80 valence electrons. The topological polar surface area (TPSA) is 49.3 Å². The third kappa shape index (κ3) is 2.33. The average Bonchev–Trinajstić information content (AvgIpc) is 2.66. The van der Waals surface area contributed by atoms with Gasteiger partial charge in [0.05, 0.1) is 5.37 Å². The molecule has 1 saturated heterocycles. The molecule has 1 aliphatic rings. The van der Waals surface area contributed by atoms with Gasteiger partial charge < -0.3 is 5.11 Å². The molecule has 2 rings (SSSR count). The van der Waals surface area contributed by atoms with Crippen LogP contribution in [0, 0.1) is 6.92 Å². The van der Waals surface area contributed by atoms with Crippen molar-refractivity contribution >= 4 is 17.7 Å². The third-order valence-electron chi connectivity index (χ3n) is 2.43. The van der Waals surface area contributed by atoms with Gasteiger partial charge in [0.15, 0.2) is 0 Å². The van der Waals surface area contributed by atoms with E-state index in [4.69, 9.17) is 5.11 Å². The zero-order valence-corrected chi connectivity index (χ0v) is 9.25. The summed E-state index contributed by atoms with van der Waals surface area (Å²) < 4.78 is 0. The number of hydrogen-bond donors (Lipinski definition) is 2. The molecule has 0 aromatic heterocycles. The summed E-state index contributed by atoms with van der Waals surface area (Å²) in [5, 5.41) is 12.1. The minimum atomic E-state index is -0.766. The van der Waals surface area contributed by atoms with Crippen molar-refractivity contribution in [2.45, 2.75) is 18.3 Å². The summed E-state index contributed by atoms with van der Waals surface area (Å²) >= 11 is 1.65. The molecule has 0 saturated carbocycles. The van der Waals surface area contributed by atoms with E-state index < -0.39 is 12.0 Å². The van der Waals surface area contributed by atoms with Crippen LogP contribution < -0.4 is 5.32 Å². The van der Waals surface area contributed by atoms with Crippen LogP contribution in [-0.2, 0) is 4.79 Å². The highest BCUT2D eigenvalue weighted by Crippen LogP contribution is 2.32. The Morgan fingerprint density at radius 3 is 3.00 bits per heavy atom. The molecule has 1 heterocycles. The number of aliphatic carboxylic acids is 1. The van der Waals surface area contributed by atoms with Crippen molar-refractivity contribution < 1.29 is 9.90 Å². The number of thioether (sulfide) groups is 1. The lowest BCUT2D eigenvalue weighted by Crippen LogP contribution is -2.33. The number of rotatable bonds is 2. The van der Waals surface area contributed by atoms with Gasteiger partial charge in [-0.25, -0.2) is 0 Å². The van der Waals surface area contributed by atoms with Crippen molar-refractivity contribution in [3.8, 4) is 0 Å². The lowest BCUT2D eigenvalue weighted by atomic mass is 10.1. The molecule has 0 bridgehead atoms. The van der Waals surface area contributed by atoms with E-state index in [0.29, 0.717) is 5.75 Å². The van der Waals surface area contributed by atoms with Crippen LogP contribution in [0.15, 0.2) is 24.3 Å². The van der Waals surface area contributed by atoms with E-state index in [0.717, 1.165) is 5.56 Å². The molecule has 1 fully saturated rings. The molecule has 4 heteroatoms. The SMILES string of the molecule is Cc1cccc([C@H]2N[C@@H](C(=O)O)CS2)c1. The van der Waals surface area contributed by atoms with Gasteiger partial charge in [-0.2, -0.15) is 0 Å². The molecule has 0 spiro atoms. The molecule has 3 nitrogen and oxygen atoms in total. The van der Waals surface area contributed by atoms with E-state index in [2.05, 4.69) is 11.4 Å². The Morgan fingerprint density at radius 1 is 1.60 bits per heavy atom. The van der Waals surface area contributed by atoms with Crippen LogP contribution in [-0.4, -0.2) is 22.9 Å². The van der Waals surface area contributed by atoms with E-state index in [-0.39, 0.29) is 5.37 Å². The van der Waals surface area contributed by atoms with Crippen LogP contribution >= 0.6 is 11.8 Å². The van der Waals surface area contributed by atoms with Gasteiger partial charge in [-0.3, -0.25) is 10.1 Å². The fourth-order valence-corrected chi connectivity index (χ4v) is 2.86. The maximum atomic E-state index is 10.8. The monoisotopic (exact) mass is 223 g/mol. The summed E-state index contributed by atoms with van der Waals surface area (Å²) in [6.45, 7) is 2.04. The van der Waals surface area contributed by atoms with Crippen LogP contribution in [0.3, 0.4) is 0 Å². The van der Waals surface area contributed by atoms with Crippen LogP contribution in [0.1, 0.15) is 16.5 Å². The highest BCUT2D eigenvalue weighted by atomic mass is 32.2. The Morgan fingerprint density at radius 2 is 2.40 bits per heavy atom. The lowest BCUT2D eigenvalue weighted by Gasteiger charge is -2.11. The third-order valence-corrected chi connectivity index (χ3v) is 3.69. The van der Waals surface area contributed by atoms with Gasteiger partial charge in [-0.05, 0) is 12.5 Å². The fraction of sp³-hybridized carbons (Fsp3) is 0.364. The smallest absolute Gasteiger partial charge is 0.321 e. The average molecular weight is 223 g/mol. The Hall–Kier alpha value is -1.00. The predicted octanol–water partition coefficient (Wildman–Crippen LogP) is 1.78. The van der Waals surface area contributed by atoms with Crippen LogP contribution in [0.5, 0.6) is 0 Å². The normalized spacial score (nSPS) is 25.4. The zero-order chi connectivity index (χ0) is 10.8. The van der Waals surface area contributed by atoms with Gasteiger partial charge in [0, 0.05) is 5.75 Å².